The molecule has 1 aromatic rings. The van der Waals surface area contributed by atoms with Gasteiger partial charge in [0.15, 0.2) is 5.82 Å². The minimum absolute atomic E-state index is 0.0176. The third-order valence-electron chi connectivity index (χ3n) is 2.82. The minimum atomic E-state index is -0.239. The Hall–Kier alpha value is -1.85. The number of anilines is 1. The van der Waals surface area contributed by atoms with E-state index in [1.54, 1.807) is 24.8 Å². The molecule has 1 aromatic heterocycles. The molecule has 0 saturated heterocycles. The molecule has 2 amide bonds. The van der Waals surface area contributed by atoms with Crippen LogP contribution in [0.5, 0.6) is 0 Å². The van der Waals surface area contributed by atoms with Gasteiger partial charge in [0.2, 0.25) is 11.8 Å². The van der Waals surface area contributed by atoms with E-state index in [1.165, 1.54) is 0 Å². The van der Waals surface area contributed by atoms with Gasteiger partial charge in [-0.15, -0.1) is 0 Å². The van der Waals surface area contributed by atoms with Gasteiger partial charge in [0.05, 0.1) is 0 Å². The maximum absolute atomic E-state index is 11.8. The molecule has 6 nitrogen and oxygen atoms in total. The molecule has 1 aliphatic carbocycles. The second-order valence-electron chi connectivity index (χ2n) is 4.48. The minimum Gasteiger partial charge on any atom is -0.360 e. The number of aryl methyl sites for hydroxylation is 1. The zero-order valence-corrected chi connectivity index (χ0v) is 10.6. The zero-order chi connectivity index (χ0) is 13.1. The van der Waals surface area contributed by atoms with Gasteiger partial charge < -0.3 is 14.7 Å². The molecular weight excluding hydrogens is 234 g/mol. The second kappa shape index (κ2) is 5.20. The fourth-order valence-corrected chi connectivity index (χ4v) is 1.77. The SMILES string of the molecule is CCC(=O)N(CC(=O)Nc1cc(C)on1)C1CC1. The summed E-state index contributed by atoms with van der Waals surface area (Å²) in [5, 5.41) is 6.30. The van der Waals surface area contributed by atoms with Crippen molar-refractivity contribution >= 4 is 17.6 Å². The lowest BCUT2D eigenvalue weighted by Crippen LogP contribution is -2.39. The van der Waals surface area contributed by atoms with Crippen LogP contribution in [0.25, 0.3) is 0 Å². The van der Waals surface area contributed by atoms with Crippen LogP contribution in [0.4, 0.5) is 5.82 Å². The predicted octanol–water partition coefficient (Wildman–Crippen LogP) is 1.32. The molecule has 0 unspecified atom stereocenters. The predicted molar refractivity (Wildman–Crippen MR) is 64.9 cm³/mol. The Morgan fingerprint density at radius 2 is 2.28 bits per heavy atom. The van der Waals surface area contributed by atoms with Crippen molar-refractivity contribution in [1.29, 1.82) is 0 Å². The third-order valence-corrected chi connectivity index (χ3v) is 2.82. The molecule has 0 aliphatic heterocycles. The first-order chi connectivity index (χ1) is 8.60. The lowest BCUT2D eigenvalue weighted by atomic mass is 10.3. The molecule has 0 radical (unpaired) electrons. The van der Waals surface area contributed by atoms with Gasteiger partial charge in [0, 0.05) is 18.5 Å². The number of aromatic nitrogens is 1. The van der Waals surface area contributed by atoms with E-state index in [0.29, 0.717) is 18.0 Å². The van der Waals surface area contributed by atoms with Crippen LogP contribution in [-0.2, 0) is 9.59 Å². The van der Waals surface area contributed by atoms with E-state index < -0.39 is 0 Å². The Bertz CT molecular complexity index is 451. The summed E-state index contributed by atoms with van der Waals surface area (Å²) in [6.45, 7) is 3.64. The molecule has 1 fully saturated rings. The van der Waals surface area contributed by atoms with Gasteiger partial charge in [-0.2, -0.15) is 0 Å². The van der Waals surface area contributed by atoms with Crippen molar-refractivity contribution in [3.8, 4) is 0 Å². The molecule has 1 aliphatic rings. The van der Waals surface area contributed by atoms with Gasteiger partial charge in [-0.1, -0.05) is 12.1 Å². The van der Waals surface area contributed by atoms with Gasteiger partial charge in [-0.3, -0.25) is 9.59 Å². The fourth-order valence-electron chi connectivity index (χ4n) is 1.77. The van der Waals surface area contributed by atoms with E-state index in [1.807, 2.05) is 0 Å². The average molecular weight is 251 g/mol. The van der Waals surface area contributed by atoms with E-state index in [2.05, 4.69) is 10.5 Å². The Morgan fingerprint density at radius 1 is 1.56 bits per heavy atom. The Labute approximate surface area is 105 Å². The first kappa shape index (κ1) is 12.6. The summed E-state index contributed by atoms with van der Waals surface area (Å²) >= 11 is 0. The number of carbonyl (C=O) groups excluding carboxylic acids is 2. The van der Waals surface area contributed by atoms with Crippen LogP contribution in [0.15, 0.2) is 10.6 Å². The highest BCUT2D eigenvalue weighted by Crippen LogP contribution is 2.27. The molecule has 1 saturated carbocycles. The maximum Gasteiger partial charge on any atom is 0.245 e. The van der Waals surface area contributed by atoms with Crippen molar-refractivity contribution in [3.63, 3.8) is 0 Å². The summed E-state index contributed by atoms with van der Waals surface area (Å²) in [7, 11) is 0. The molecule has 0 atom stereocenters. The monoisotopic (exact) mass is 251 g/mol. The second-order valence-corrected chi connectivity index (χ2v) is 4.48. The number of carbonyl (C=O) groups is 2. The maximum atomic E-state index is 11.8. The molecule has 0 bridgehead atoms. The van der Waals surface area contributed by atoms with Crippen molar-refractivity contribution in [2.45, 2.75) is 39.2 Å². The molecule has 1 N–H and O–H groups in total. The van der Waals surface area contributed by atoms with Gasteiger partial charge in [0.1, 0.15) is 12.3 Å². The smallest absolute Gasteiger partial charge is 0.245 e. The fraction of sp³-hybridized carbons (Fsp3) is 0.583. The summed E-state index contributed by atoms with van der Waals surface area (Å²) in [4.78, 5) is 25.1. The normalized spacial score (nSPS) is 14.3. The highest BCUT2D eigenvalue weighted by Gasteiger charge is 2.33. The van der Waals surface area contributed by atoms with E-state index in [-0.39, 0.29) is 24.4 Å². The first-order valence-corrected chi connectivity index (χ1v) is 6.12. The summed E-state index contributed by atoms with van der Waals surface area (Å²) in [6, 6.07) is 1.88. The molecule has 18 heavy (non-hydrogen) atoms. The van der Waals surface area contributed by atoms with Crippen LogP contribution in [-0.4, -0.2) is 34.5 Å². The summed E-state index contributed by atoms with van der Waals surface area (Å²) < 4.78 is 4.85. The molecular formula is C12H17N3O3. The Kier molecular flexibility index (Phi) is 3.64. The van der Waals surface area contributed by atoms with Crippen LogP contribution in [0.3, 0.4) is 0 Å². The molecule has 6 heteroatoms. The van der Waals surface area contributed by atoms with Crippen LogP contribution < -0.4 is 5.32 Å². The standard InChI is InChI=1S/C12H17N3O3/c1-3-12(17)15(9-4-5-9)7-11(16)13-10-6-8(2)18-14-10/h6,9H,3-5,7H2,1-2H3,(H,13,14,16). The van der Waals surface area contributed by atoms with Crippen molar-refractivity contribution in [2.75, 3.05) is 11.9 Å². The molecule has 0 spiro atoms. The topological polar surface area (TPSA) is 75.4 Å². The molecule has 98 valence electrons. The van der Waals surface area contributed by atoms with E-state index in [9.17, 15) is 9.59 Å². The number of hydrogen-bond acceptors (Lipinski definition) is 4. The van der Waals surface area contributed by atoms with E-state index in [0.717, 1.165) is 12.8 Å². The van der Waals surface area contributed by atoms with Gasteiger partial charge in [0.25, 0.3) is 0 Å². The quantitative estimate of drug-likeness (QED) is 0.856. The first-order valence-electron chi connectivity index (χ1n) is 6.12. The lowest BCUT2D eigenvalue weighted by molar-refractivity contribution is -0.135. The highest BCUT2D eigenvalue weighted by molar-refractivity contribution is 5.93. The highest BCUT2D eigenvalue weighted by atomic mass is 16.5. The third kappa shape index (κ3) is 3.09. The molecule has 0 aromatic carbocycles. The van der Waals surface area contributed by atoms with Crippen LogP contribution in [0.1, 0.15) is 31.9 Å². The van der Waals surface area contributed by atoms with Crippen LogP contribution in [0, 0.1) is 6.92 Å². The summed E-state index contributed by atoms with van der Waals surface area (Å²) in [5.74, 6) is 0.798. The largest absolute Gasteiger partial charge is 0.360 e. The Morgan fingerprint density at radius 3 is 2.78 bits per heavy atom. The Balaban J connectivity index is 1.90. The molecule has 2 rings (SSSR count). The van der Waals surface area contributed by atoms with Gasteiger partial charge in [-0.25, -0.2) is 0 Å². The van der Waals surface area contributed by atoms with Crippen molar-refractivity contribution in [3.05, 3.63) is 11.8 Å². The summed E-state index contributed by atoms with van der Waals surface area (Å²) in [5.41, 5.74) is 0. The number of nitrogens with one attached hydrogen (secondary N) is 1. The van der Waals surface area contributed by atoms with Crippen molar-refractivity contribution in [1.82, 2.24) is 10.1 Å². The van der Waals surface area contributed by atoms with Crippen LogP contribution >= 0.6 is 0 Å². The number of amides is 2. The number of nitrogens with zero attached hydrogens (tertiary/aromatic N) is 2. The van der Waals surface area contributed by atoms with Crippen LogP contribution in [0.2, 0.25) is 0 Å². The number of rotatable bonds is 5. The van der Waals surface area contributed by atoms with Crippen molar-refractivity contribution < 1.29 is 14.1 Å². The molecule has 1 heterocycles. The zero-order valence-electron chi connectivity index (χ0n) is 10.6. The average Bonchev–Trinajstić information content (AvgIpc) is 3.10. The van der Waals surface area contributed by atoms with E-state index in [4.69, 9.17) is 4.52 Å². The van der Waals surface area contributed by atoms with E-state index >= 15 is 0 Å². The van der Waals surface area contributed by atoms with Crippen molar-refractivity contribution in [2.24, 2.45) is 0 Å². The van der Waals surface area contributed by atoms with Gasteiger partial charge in [-0.05, 0) is 19.8 Å². The van der Waals surface area contributed by atoms with Gasteiger partial charge >= 0.3 is 0 Å². The lowest BCUT2D eigenvalue weighted by Gasteiger charge is -2.20. The summed E-state index contributed by atoms with van der Waals surface area (Å²) in [6.07, 6.45) is 2.40. The number of hydrogen-bond donors (Lipinski definition) is 1.